The van der Waals surface area contributed by atoms with Gasteiger partial charge in [-0.1, -0.05) is 23.2 Å². The van der Waals surface area contributed by atoms with E-state index in [2.05, 4.69) is 0 Å². The number of hydrogen-bond acceptors (Lipinski definition) is 3. The van der Waals surface area contributed by atoms with E-state index in [1.807, 2.05) is 11.9 Å². The van der Waals surface area contributed by atoms with Crippen LogP contribution >= 0.6 is 23.2 Å². The van der Waals surface area contributed by atoms with Crippen molar-refractivity contribution in [3.8, 4) is 0 Å². The summed E-state index contributed by atoms with van der Waals surface area (Å²) < 4.78 is 0. The van der Waals surface area contributed by atoms with Gasteiger partial charge in [0.15, 0.2) is 0 Å². The predicted octanol–water partition coefficient (Wildman–Crippen LogP) is 2.17. The highest BCUT2D eigenvalue weighted by Gasteiger charge is 2.16. The topological polar surface area (TPSA) is 43.7 Å². The zero-order valence-corrected chi connectivity index (χ0v) is 10.5. The molecule has 1 atom stereocenters. The largest absolute Gasteiger partial charge is 0.396 e. The zero-order valence-electron chi connectivity index (χ0n) is 9.03. The second-order valence-corrected chi connectivity index (χ2v) is 4.40. The monoisotopic (exact) mass is 263 g/mol. The van der Waals surface area contributed by atoms with Gasteiger partial charge in [-0.2, -0.15) is 0 Å². The van der Waals surface area contributed by atoms with E-state index >= 15 is 0 Å². The molecule has 0 aliphatic heterocycles. The van der Waals surface area contributed by atoms with Crippen molar-refractivity contribution in [2.45, 2.75) is 12.5 Å². The molecule has 90 valence electrons. The van der Waals surface area contributed by atoms with Crippen LogP contribution in [0.3, 0.4) is 0 Å². The van der Waals surface area contributed by atoms with Gasteiger partial charge in [-0.15, -0.1) is 0 Å². The molecule has 0 saturated carbocycles. The minimum Gasteiger partial charge on any atom is -0.396 e. The Bertz CT molecular complexity index is 347. The molecule has 1 aromatic carbocycles. The van der Waals surface area contributed by atoms with Crippen molar-refractivity contribution >= 4 is 28.9 Å². The fourth-order valence-corrected chi connectivity index (χ4v) is 2.06. The van der Waals surface area contributed by atoms with Crippen molar-refractivity contribution in [2.75, 3.05) is 25.2 Å². The van der Waals surface area contributed by atoms with E-state index in [1.165, 1.54) is 0 Å². The van der Waals surface area contributed by atoms with Crippen molar-refractivity contribution in [1.29, 1.82) is 0 Å². The first-order valence-corrected chi connectivity index (χ1v) is 5.75. The van der Waals surface area contributed by atoms with Crippen LogP contribution in [0.4, 0.5) is 5.69 Å². The molecule has 0 saturated heterocycles. The molecule has 5 heteroatoms. The van der Waals surface area contributed by atoms with Gasteiger partial charge in [0.1, 0.15) is 0 Å². The van der Waals surface area contributed by atoms with Gasteiger partial charge in [0.05, 0.1) is 23.4 Å². The molecule has 1 rings (SSSR count). The summed E-state index contributed by atoms with van der Waals surface area (Å²) in [6.45, 7) is -0.00318. The average molecular weight is 264 g/mol. The number of halogens is 2. The molecule has 3 nitrogen and oxygen atoms in total. The molecule has 0 aromatic heterocycles. The van der Waals surface area contributed by atoms with Gasteiger partial charge in [0.25, 0.3) is 0 Å². The number of benzene rings is 1. The van der Waals surface area contributed by atoms with E-state index in [0.29, 0.717) is 16.5 Å². The molecule has 16 heavy (non-hydrogen) atoms. The standard InChI is InChI=1S/C11H15Cl2NO2/c1-14(9(7-16)4-5-15)11-3-2-8(12)6-10(11)13/h2-3,6,9,15-16H,4-5,7H2,1H3. The Balaban J connectivity index is 2.89. The number of hydrogen-bond donors (Lipinski definition) is 2. The highest BCUT2D eigenvalue weighted by molar-refractivity contribution is 6.36. The van der Waals surface area contributed by atoms with E-state index in [1.54, 1.807) is 18.2 Å². The van der Waals surface area contributed by atoms with Crippen LogP contribution in [-0.2, 0) is 0 Å². The predicted molar refractivity (Wildman–Crippen MR) is 67.4 cm³/mol. The van der Waals surface area contributed by atoms with Gasteiger partial charge >= 0.3 is 0 Å². The molecule has 0 bridgehead atoms. The molecule has 2 N–H and O–H groups in total. The number of likely N-dealkylation sites (N-methyl/N-ethyl adjacent to an activating group) is 1. The number of nitrogens with zero attached hydrogens (tertiary/aromatic N) is 1. The van der Waals surface area contributed by atoms with Crippen LogP contribution in [0.2, 0.25) is 10.0 Å². The zero-order chi connectivity index (χ0) is 12.1. The average Bonchev–Trinajstić information content (AvgIpc) is 2.25. The summed E-state index contributed by atoms with van der Waals surface area (Å²) in [5.74, 6) is 0. The Hall–Kier alpha value is -0.480. The molecule has 0 heterocycles. The number of aliphatic hydroxyl groups is 2. The third-order valence-corrected chi connectivity index (χ3v) is 3.05. The third-order valence-electron chi connectivity index (χ3n) is 2.51. The Morgan fingerprint density at radius 3 is 2.50 bits per heavy atom. The van der Waals surface area contributed by atoms with Gasteiger partial charge in [0, 0.05) is 18.7 Å². The highest BCUT2D eigenvalue weighted by Crippen LogP contribution is 2.29. The van der Waals surface area contributed by atoms with Gasteiger partial charge in [-0.25, -0.2) is 0 Å². The molecule has 0 aliphatic carbocycles. The summed E-state index contributed by atoms with van der Waals surface area (Å²) in [6.07, 6.45) is 0.492. The highest BCUT2D eigenvalue weighted by atomic mass is 35.5. The fourth-order valence-electron chi connectivity index (χ4n) is 1.52. The second-order valence-electron chi connectivity index (χ2n) is 3.56. The molecule has 1 unspecified atom stereocenters. The molecule has 0 fully saturated rings. The van der Waals surface area contributed by atoms with Crippen molar-refractivity contribution in [3.63, 3.8) is 0 Å². The normalized spacial score (nSPS) is 12.6. The van der Waals surface area contributed by atoms with Crippen molar-refractivity contribution in [2.24, 2.45) is 0 Å². The first kappa shape index (κ1) is 13.6. The fraction of sp³-hybridized carbons (Fsp3) is 0.455. The maximum Gasteiger partial charge on any atom is 0.0654 e. The lowest BCUT2D eigenvalue weighted by Crippen LogP contribution is -2.35. The summed E-state index contributed by atoms with van der Waals surface area (Å²) in [6, 6.07) is 5.04. The smallest absolute Gasteiger partial charge is 0.0654 e. The second kappa shape index (κ2) is 6.30. The molecule has 1 aromatic rings. The Morgan fingerprint density at radius 1 is 1.31 bits per heavy atom. The van der Waals surface area contributed by atoms with Gasteiger partial charge in [0.2, 0.25) is 0 Å². The summed E-state index contributed by atoms with van der Waals surface area (Å²) in [5.41, 5.74) is 0.790. The number of rotatable bonds is 5. The molecule has 0 radical (unpaired) electrons. The Labute approximate surface area is 105 Å². The van der Waals surface area contributed by atoms with Crippen LogP contribution in [0.15, 0.2) is 18.2 Å². The Morgan fingerprint density at radius 2 is 2.00 bits per heavy atom. The molecular weight excluding hydrogens is 249 g/mol. The molecule has 0 aliphatic rings. The minimum atomic E-state index is -0.149. The van der Waals surface area contributed by atoms with Crippen LogP contribution in [0, 0.1) is 0 Å². The lowest BCUT2D eigenvalue weighted by Gasteiger charge is -2.29. The van der Waals surface area contributed by atoms with Crippen LogP contribution in [-0.4, -0.2) is 36.5 Å². The van der Waals surface area contributed by atoms with Crippen LogP contribution < -0.4 is 4.90 Å². The maximum atomic E-state index is 9.21. The molecule has 0 amide bonds. The maximum absolute atomic E-state index is 9.21. The lowest BCUT2D eigenvalue weighted by molar-refractivity contribution is 0.218. The summed E-state index contributed by atoms with van der Waals surface area (Å²) >= 11 is 11.9. The summed E-state index contributed by atoms with van der Waals surface area (Å²) in [5, 5.41) is 19.2. The van der Waals surface area contributed by atoms with Crippen LogP contribution in [0.5, 0.6) is 0 Å². The van der Waals surface area contributed by atoms with E-state index in [9.17, 15) is 5.11 Å². The quantitative estimate of drug-likeness (QED) is 0.856. The number of aliphatic hydroxyl groups excluding tert-OH is 2. The lowest BCUT2D eigenvalue weighted by atomic mass is 10.2. The molecule has 0 spiro atoms. The first-order chi connectivity index (χ1) is 7.60. The minimum absolute atomic E-state index is 0.0285. The van der Waals surface area contributed by atoms with Gasteiger partial charge in [-0.05, 0) is 24.6 Å². The van der Waals surface area contributed by atoms with Gasteiger partial charge in [-0.3, -0.25) is 0 Å². The molecular formula is C11H15Cl2NO2. The van der Waals surface area contributed by atoms with Crippen molar-refractivity contribution < 1.29 is 10.2 Å². The number of anilines is 1. The van der Waals surface area contributed by atoms with E-state index in [0.717, 1.165) is 5.69 Å². The summed E-state index contributed by atoms with van der Waals surface area (Å²) in [7, 11) is 1.83. The Kier molecular flexibility index (Phi) is 5.35. The van der Waals surface area contributed by atoms with Crippen LogP contribution in [0.1, 0.15) is 6.42 Å². The van der Waals surface area contributed by atoms with E-state index in [4.69, 9.17) is 28.3 Å². The summed E-state index contributed by atoms with van der Waals surface area (Å²) in [4.78, 5) is 1.84. The third kappa shape index (κ3) is 3.25. The van der Waals surface area contributed by atoms with Gasteiger partial charge < -0.3 is 15.1 Å². The van der Waals surface area contributed by atoms with E-state index < -0.39 is 0 Å². The van der Waals surface area contributed by atoms with Crippen LogP contribution in [0.25, 0.3) is 0 Å². The van der Waals surface area contributed by atoms with E-state index in [-0.39, 0.29) is 19.3 Å². The van der Waals surface area contributed by atoms with Crippen molar-refractivity contribution in [1.82, 2.24) is 0 Å². The SMILES string of the molecule is CN(c1ccc(Cl)cc1Cl)C(CO)CCO. The van der Waals surface area contributed by atoms with Crippen molar-refractivity contribution in [3.05, 3.63) is 28.2 Å². The first-order valence-electron chi connectivity index (χ1n) is 4.99.